The Balaban J connectivity index is 2.13. The maximum absolute atomic E-state index is 2.48. The van der Waals surface area contributed by atoms with Gasteiger partial charge < -0.3 is 0 Å². The van der Waals surface area contributed by atoms with Gasteiger partial charge in [-0.25, -0.2) is 9.13 Å². The number of unbranched alkanes of at least 4 members (excludes halogenated alkanes) is 8. The summed E-state index contributed by atoms with van der Waals surface area (Å²) in [6.07, 6.45) is 19.7. The molecule has 0 atom stereocenters. The lowest BCUT2D eigenvalue weighted by Gasteiger charge is -2.04. The van der Waals surface area contributed by atoms with Gasteiger partial charge in [0, 0.05) is 6.42 Å². The average molecular weight is 294 g/mol. The number of nitrogens with zero attached hydrogens (tertiary/aromatic N) is 2. The predicted molar refractivity (Wildman–Crippen MR) is 91.5 cm³/mol. The van der Waals surface area contributed by atoms with Gasteiger partial charge in [0.25, 0.3) is 5.82 Å². The molecule has 0 spiro atoms. The summed E-state index contributed by atoms with van der Waals surface area (Å²) in [5.74, 6) is 1.51. The highest BCUT2D eigenvalue weighted by Crippen LogP contribution is 2.09. The largest absolute Gasteiger partial charge is 0.256 e. The maximum atomic E-state index is 2.48. The van der Waals surface area contributed by atoms with Gasteiger partial charge in [0.15, 0.2) is 0 Å². The van der Waals surface area contributed by atoms with Gasteiger partial charge in [0.2, 0.25) is 0 Å². The van der Waals surface area contributed by atoms with Crippen LogP contribution in [0.5, 0.6) is 0 Å². The van der Waals surface area contributed by atoms with Crippen LogP contribution in [0.15, 0.2) is 12.4 Å². The molecular weight excluding hydrogens is 256 g/mol. The molecule has 1 rings (SSSR count). The highest BCUT2D eigenvalue weighted by atomic mass is 15.1. The Labute approximate surface area is 132 Å². The fourth-order valence-electron chi connectivity index (χ4n) is 3.09. The second-order valence-corrected chi connectivity index (χ2v) is 6.27. The first kappa shape index (κ1) is 18.3. The number of hydrogen-bond donors (Lipinski definition) is 0. The molecule has 0 saturated heterocycles. The van der Waals surface area contributed by atoms with Gasteiger partial charge in [-0.05, 0) is 26.2 Å². The molecule has 2 heteroatoms. The van der Waals surface area contributed by atoms with Crippen LogP contribution in [-0.2, 0) is 19.5 Å². The van der Waals surface area contributed by atoms with E-state index in [9.17, 15) is 0 Å². The molecular formula is C19H37N2+. The number of rotatable bonds is 13. The van der Waals surface area contributed by atoms with E-state index in [1.165, 1.54) is 83.0 Å². The van der Waals surface area contributed by atoms with Crippen LogP contribution in [0.2, 0.25) is 0 Å². The highest BCUT2D eigenvalue weighted by Gasteiger charge is 2.14. The zero-order valence-electron chi connectivity index (χ0n) is 14.7. The molecule has 0 amide bonds. The Morgan fingerprint density at radius 2 is 1.43 bits per heavy atom. The van der Waals surface area contributed by atoms with Crippen molar-refractivity contribution in [2.75, 3.05) is 0 Å². The van der Waals surface area contributed by atoms with E-state index in [1.54, 1.807) is 0 Å². The molecule has 0 aliphatic carbocycles. The normalized spacial score (nSPS) is 11.2. The van der Waals surface area contributed by atoms with Crippen LogP contribution in [0.1, 0.15) is 90.8 Å². The van der Waals surface area contributed by atoms with Crippen molar-refractivity contribution in [1.29, 1.82) is 0 Å². The summed E-state index contributed by atoms with van der Waals surface area (Å²) in [6.45, 7) is 9.10. The average Bonchev–Trinajstić information content (AvgIpc) is 2.88. The first-order chi connectivity index (χ1) is 10.3. The minimum absolute atomic E-state index is 1.10. The lowest BCUT2D eigenvalue weighted by atomic mass is 10.1. The van der Waals surface area contributed by atoms with Crippen molar-refractivity contribution in [3.05, 3.63) is 18.2 Å². The lowest BCUT2D eigenvalue weighted by Crippen LogP contribution is -2.37. The zero-order valence-corrected chi connectivity index (χ0v) is 14.7. The van der Waals surface area contributed by atoms with Gasteiger partial charge in [-0.2, -0.15) is 0 Å². The zero-order chi connectivity index (χ0) is 15.3. The second kappa shape index (κ2) is 11.8. The number of aromatic nitrogens is 2. The molecule has 1 aromatic heterocycles. The van der Waals surface area contributed by atoms with Crippen molar-refractivity contribution in [3.8, 4) is 0 Å². The minimum Gasteiger partial charge on any atom is -0.235 e. The molecule has 0 unspecified atom stereocenters. The first-order valence-electron chi connectivity index (χ1n) is 9.40. The second-order valence-electron chi connectivity index (χ2n) is 6.27. The Morgan fingerprint density at radius 3 is 2.00 bits per heavy atom. The lowest BCUT2D eigenvalue weighted by molar-refractivity contribution is -0.704. The summed E-state index contributed by atoms with van der Waals surface area (Å²) in [7, 11) is 0. The molecule has 0 aromatic carbocycles. The molecule has 0 N–H and O–H groups in total. The highest BCUT2D eigenvalue weighted by molar-refractivity contribution is 4.83. The third kappa shape index (κ3) is 7.15. The molecule has 0 bridgehead atoms. The van der Waals surface area contributed by atoms with E-state index in [-0.39, 0.29) is 0 Å². The fourth-order valence-corrected chi connectivity index (χ4v) is 3.09. The Kier molecular flexibility index (Phi) is 10.3. The number of hydrogen-bond acceptors (Lipinski definition) is 0. The van der Waals surface area contributed by atoms with Crippen LogP contribution in [0.4, 0.5) is 0 Å². The molecule has 21 heavy (non-hydrogen) atoms. The van der Waals surface area contributed by atoms with E-state index in [4.69, 9.17) is 0 Å². The topological polar surface area (TPSA) is 8.81 Å². The summed E-state index contributed by atoms with van der Waals surface area (Å²) < 4.78 is 4.88. The van der Waals surface area contributed by atoms with E-state index < -0.39 is 0 Å². The van der Waals surface area contributed by atoms with Gasteiger partial charge >= 0.3 is 0 Å². The van der Waals surface area contributed by atoms with Crippen LogP contribution in [0, 0.1) is 0 Å². The van der Waals surface area contributed by atoms with Crippen LogP contribution in [0.25, 0.3) is 0 Å². The van der Waals surface area contributed by atoms with Crippen molar-refractivity contribution in [3.63, 3.8) is 0 Å². The van der Waals surface area contributed by atoms with Gasteiger partial charge in [-0.3, -0.25) is 0 Å². The standard InChI is InChI=1S/C19H37N2/c1-4-7-8-9-10-11-12-13-14-16-21-18-17-20(6-3)19(21)15-5-2/h17-18H,4-16H2,1-3H3/q+1. The molecule has 0 aliphatic rings. The van der Waals surface area contributed by atoms with E-state index in [1.807, 2.05) is 0 Å². The first-order valence-corrected chi connectivity index (χ1v) is 9.40. The molecule has 122 valence electrons. The summed E-state index contributed by atoms with van der Waals surface area (Å²) in [5, 5.41) is 0. The van der Waals surface area contributed by atoms with Gasteiger partial charge in [-0.15, -0.1) is 0 Å². The molecule has 0 radical (unpaired) electrons. The Bertz CT molecular complexity index is 354. The summed E-state index contributed by atoms with van der Waals surface area (Å²) >= 11 is 0. The smallest absolute Gasteiger partial charge is 0.235 e. The van der Waals surface area contributed by atoms with Crippen molar-refractivity contribution < 1.29 is 4.57 Å². The minimum atomic E-state index is 1.10. The van der Waals surface area contributed by atoms with Gasteiger partial charge in [0.1, 0.15) is 12.4 Å². The molecule has 0 fully saturated rings. The third-order valence-corrected chi connectivity index (χ3v) is 4.41. The van der Waals surface area contributed by atoms with Crippen LogP contribution in [-0.4, -0.2) is 4.57 Å². The molecule has 0 aliphatic heterocycles. The van der Waals surface area contributed by atoms with Crippen LogP contribution < -0.4 is 4.57 Å². The summed E-state index contributed by atoms with van der Waals surface area (Å²) in [6, 6.07) is 0. The Morgan fingerprint density at radius 1 is 0.810 bits per heavy atom. The van der Waals surface area contributed by atoms with Gasteiger partial charge in [-0.1, -0.05) is 58.8 Å². The van der Waals surface area contributed by atoms with Crippen molar-refractivity contribution in [2.45, 2.75) is 104 Å². The van der Waals surface area contributed by atoms with Crippen molar-refractivity contribution in [2.24, 2.45) is 0 Å². The number of imidazole rings is 1. The van der Waals surface area contributed by atoms with E-state index in [0.717, 1.165) is 6.54 Å². The number of aryl methyl sites for hydroxylation is 2. The van der Waals surface area contributed by atoms with Gasteiger partial charge in [0.05, 0.1) is 13.1 Å². The molecule has 0 saturated carbocycles. The summed E-state index contributed by atoms with van der Waals surface area (Å²) in [4.78, 5) is 0. The molecule has 2 nitrogen and oxygen atoms in total. The Hall–Kier alpha value is -0.790. The van der Waals surface area contributed by atoms with E-state index >= 15 is 0 Å². The summed E-state index contributed by atoms with van der Waals surface area (Å²) in [5.41, 5.74) is 0. The van der Waals surface area contributed by atoms with Crippen LogP contribution in [0.3, 0.4) is 0 Å². The molecule has 1 heterocycles. The fraction of sp³-hybridized carbons (Fsp3) is 0.842. The van der Waals surface area contributed by atoms with Crippen molar-refractivity contribution >= 4 is 0 Å². The SMILES string of the molecule is CCCCCCCCCCC[n+]1ccn(CC)c1CCC. The monoisotopic (exact) mass is 293 g/mol. The van der Waals surface area contributed by atoms with Crippen molar-refractivity contribution in [1.82, 2.24) is 4.57 Å². The predicted octanol–water partition coefficient (Wildman–Crippen LogP) is 5.28. The molecule has 1 aromatic rings. The van der Waals surface area contributed by atoms with E-state index in [2.05, 4.69) is 42.3 Å². The third-order valence-electron chi connectivity index (χ3n) is 4.41. The van der Waals surface area contributed by atoms with E-state index in [0.29, 0.717) is 0 Å². The quantitative estimate of drug-likeness (QED) is 0.346. The van der Waals surface area contributed by atoms with Crippen LogP contribution >= 0.6 is 0 Å². The maximum Gasteiger partial charge on any atom is 0.256 e.